The molecule has 98 valence electrons. The SMILES string of the molecule is CCOP(=O)(OCC)c1cn(O)c2ccccc12. The van der Waals surface area contributed by atoms with Crippen molar-refractivity contribution in [1.29, 1.82) is 0 Å². The van der Waals surface area contributed by atoms with Crippen molar-refractivity contribution in [1.82, 2.24) is 4.73 Å². The molecule has 0 spiro atoms. The normalized spacial score (nSPS) is 12.1. The molecule has 1 heterocycles. The fourth-order valence-corrected chi connectivity index (χ4v) is 3.65. The first-order valence-electron chi connectivity index (χ1n) is 5.81. The summed E-state index contributed by atoms with van der Waals surface area (Å²) in [5.41, 5.74) is 0.576. The highest BCUT2D eigenvalue weighted by molar-refractivity contribution is 7.62. The van der Waals surface area contributed by atoms with Crippen LogP contribution < -0.4 is 5.30 Å². The second-order valence-corrected chi connectivity index (χ2v) is 5.70. The van der Waals surface area contributed by atoms with Gasteiger partial charge in [0.2, 0.25) is 0 Å². The van der Waals surface area contributed by atoms with Gasteiger partial charge in [-0.3, -0.25) is 4.57 Å². The molecule has 0 radical (unpaired) electrons. The van der Waals surface area contributed by atoms with Gasteiger partial charge in [0.25, 0.3) is 0 Å². The van der Waals surface area contributed by atoms with Gasteiger partial charge in [-0.2, -0.15) is 4.73 Å². The van der Waals surface area contributed by atoms with E-state index >= 15 is 0 Å². The molecule has 18 heavy (non-hydrogen) atoms. The van der Waals surface area contributed by atoms with Crippen LogP contribution in [0, 0.1) is 0 Å². The molecule has 1 aromatic heterocycles. The maximum Gasteiger partial charge on any atom is 0.363 e. The Bertz CT molecular complexity index is 583. The van der Waals surface area contributed by atoms with Crippen LogP contribution >= 0.6 is 7.60 Å². The molecule has 0 aliphatic carbocycles. The molecular weight excluding hydrogens is 253 g/mol. The maximum absolute atomic E-state index is 12.7. The summed E-state index contributed by atoms with van der Waals surface area (Å²) in [7, 11) is -3.38. The standard InChI is InChI=1S/C12H16NO4P/c1-3-16-18(15,17-4-2)12-9-13(14)11-8-6-5-7-10(11)12/h5-9,14H,3-4H2,1-2H3. The number of hydrogen-bond donors (Lipinski definition) is 1. The second-order valence-electron chi connectivity index (χ2n) is 3.71. The average Bonchev–Trinajstić information content (AvgIpc) is 2.69. The Kier molecular flexibility index (Phi) is 3.76. The van der Waals surface area contributed by atoms with E-state index in [1.54, 1.807) is 32.0 Å². The van der Waals surface area contributed by atoms with E-state index < -0.39 is 7.60 Å². The molecule has 0 aliphatic heterocycles. The molecule has 0 aliphatic rings. The first kappa shape index (κ1) is 13.1. The summed E-state index contributed by atoms with van der Waals surface area (Å²) >= 11 is 0. The zero-order valence-electron chi connectivity index (χ0n) is 10.4. The Morgan fingerprint density at radius 3 is 2.44 bits per heavy atom. The highest BCUT2D eigenvalue weighted by atomic mass is 31.2. The molecule has 6 heteroatoms. The lowest BCUT2D eigenvalue weighted by Gasteiger charge is -2.15. The van der Waals surface area contributed by atoms with Crippen LogP contribution in [0.1, 0.15) is 13.8 Å². The van der Waals surface area contributed by atoms with Crippen LogP contribution in [0.25, 0.3) is 10.9 Å². The number of fused-ring (bicyclic) bond motifs is 1. The number of nitrogens with zero attached hydrogens (tertiary/aromatic N) is 1. The van der Waals surface area contributed by atoms with E-state index in [1.807, 2.05) is 6.07 Å². The van der Waals surface area contributed by atoms with Crippen LogP contribution in [0.3, 0.4) is 0 Å². The first-order valence-corrected chi connectivity index (χ1v) is 7.35. The van der Waals surface area contributed by atoms with Gasteiger partial charge in [0.15, 0.2) is 0 Å². The number of hydrogen-bond acceptors (Lipinski definition) is 4. The van der Waals surface area contributed by atoms with Crippen LogP contribution in [-0.4, -0.2) is 23.2 Å². The summed E-state index contributed by atoms with van der Waals surface area (Å²) in [5, 5.41) is 10.8. The predicted molar refractivity (Wildman–Crippen MR) is 69.6 cm³/mol. The monoisotopic (exact) mass is 269 g/mol. The zero-order chi connectivity index (χ0) is 13.2. The predicted octanol–water partition coefficient (Wildman–Crippen LogP) is 2.77. The molecule has 1 aromatic carbocycles. The molecule has 0 unspecified atom stereocenters. The lowest BCUT2D eigenvalue weighted by atomic mass is 10.2. The van der Waals surface area contributed by atoms with Crippen molar-refractivity contribution in [2.45, 2.75) is 13.8 Å². The summed E-state index contributed by atoms with van der Waals surface area (Å²) in [5.74, 6) is 0. The highest BCUT2D eigenvalue weighted by Gasteiger charge is 2.30. The number of para-hydroxylation sites is 1. The Hall–Kier alpha value is -1.29. The Morgan fingerprint density at radius 1 is 1.22 bits per heavy atom. The van der Waals surface area contributed by atoms with E-state index in [0.29, 0.717) is 16.2 Å². The molecule has 2 aromatic rings. The summed E-state index contributed by atoms with van der Waals surface area (Å²) in [6.45, 7) is 4.07. The van der Waals surface area contributed by atoms with Gasteiger partial charge in [-0.15, -0.1) is 0 Å². The molecule has 1 N–H and O–H groups in total. The molecule has 2 rings (SSSR count). The largest absolute Gasteiger partial charge is 0.428 e. The Labute approximate surface area is 105 Å². The third kappa shape index (κ3) is 2.17. The van der Waals surface area contributed by atoms with Crippen molar-refractivity contribution in [3.63, 3.8) is 0 Å². The van der Waals surface area contributed by atoms with Crippen molar-refractivity contribution in [3.8, 4) is 0 Å². The van der Waals surface area contributed by atoms with Gasteiger partial charge < -0.3 is 14.3 Å². The number of benzene rings is 1. The third-order valence-corrected chi connectivity index (χ3v) is 4.71. The minimum Gasteiger partial charge on any atom is -0.428 e. The van der Waals surface area contributed by atoms with Gasteiger partial charge in [-0.25, -0.2) is 0 Å². The van der Waals surface area contributed by atoms with Crippen molar-refractivity contribution >= 4 is 23.8 Å². The summed E-state index contributed by atoms with van der Waals surface area (Å²) < 4.78 is 24.2. The molecule has 0 atom stereocenters. The molecular formula is C12H16NO4P. The minimum atomic E-state index is -3.38. The summed E-state index contributed by atoms with van der Waals surface area (Å²) in [4.78, 5) is 0. The van der Waals surface area contributed by atoms with E-state index in [-0.39, 0.29) is 13.2 Å². The summed E-state index contributed by atoms with van der Waals surface area (Å²) in [6, 6.07) is 7.13. The average molecular weight is 269 g/mol. The minimum absolute atomic E-state index is 0.280. The fraction of sp³-hybridized carbons (Fsp3) is 0.333. The quantitative estimate of drug-likeness (QED) is 0.669. The number of aromatic nitrogens is 1. The summed E-state index contributed by atoms with van der Waals surface area (Å²) in [6.07, 6.45) is 1.39. The second kappa shape index (κ2) is 5.14. The molecule has 5 nitrogen and oxygen atoms in total. The van der Waals surface area contributed by atoms with Crippen molar-refractivity contribution in [2.75, 3.05) is 13.2 Å². The third-order valence-electron chi connectivity index (χ3n) is 2.56. The van der Waals surface area contributed by atoms with Gasteiger partial charge in [-0.05, 0) is 19.9 Å². The van der Waals surface area contributed by atoms with Crippen LogP contribution in [-0.2, 0) is 13.6 Å². The number of rotatable bonds is 5. The maximum atomic E-state index is 12.7. The topological polar surface area (TPSA) is 60.7 Å². The van der Waals surface area contributed by atoms with Crippen LogP contribution in [0.2, 0.25) is 0 Å². The zero-order valence-corrected chi connectivity index (χ0v) is 11.3. The van der Waals surface area contributed by atoms with Crippen molar-refractivity contribution < 1.29 is 18.8 Å². The highest BCUT2D eigenvalue weighted by Crippen LogP contribution is 2.48. The lowest BCUT2D eigenvalue weighted by Crippen LogP contribution is -2.09. The van der Waals surface area contributed by atoms with Gasteiger partial charge in [0.05, 0.1) is 30.2 Å². The lowest BCUT2D eigenvalue weighted by molar-refractivity contribution is 0.199. The molecule has 0 bridgehead atoms. The van der Waals surface area contributed by atoms with E-state index in [0.717, 1.165) is 4.73 Å². The van der Waals surface area contributed by atoms with Crippen LogP contribution in [0.5, 0.6) is 0 Å². The molecule has 0 amide bonds. The van der Waals surface area contributed by atoms with Gasteiger partial charge >= 0.3 is 7.60 Å². The molecule has 0 fully saturated rings. The van der Waals surface area contributed by atoms with Crippen molar-refractivity contribution in [2.24, 2.45) is 0 Å². The van der Waals surface area contributed by atoms with E-state index in [1.165, 1.54) is 6.20 Å². The van der Waals surface area contributed by atoms with Crippen LogP contribution in [0.4, 0.5) is 0 Å². The van der Waals surface area contributed by atoms with E-state index in [2.05, 4.69) is 0 Å². The fourth-order valence-electron chi connectivity index (χ4n) is 1.88. The van der Waals surface area contributed by atoms with Gasteiger partial charge in [0.1, 0.15) is 0 Å². The van der Waals surface area contributed by atoms with E-state index in [9.17, 15) is 9.77 Å². The first-order chi connectivity index (χ1) is 8.62. The smallest absolute Gasteiger partial charge is 0.363 e. The molecule has 0 saturated carbocycles. The van der Waals surface area contributed by atoms with E-state index in [4.69, 9.17) is 9.05 Å². The van der Waals surface area contributed by atoms with Crippen LogP contribution in [0.15, 0.2) is 30.5 Å². The molecule has 0 saturated heterocycles. The van der Waals surface area contributed by atoms with Gasteiger partial charge in [0, 0.05) is 5.39 Å². The van der Waals surface area contributed by atoms with Crippen molar-refractivity contribution in [3.05, 3.63) is 30.5 Å². The Balaban J connectivity index is 2.61. The Morgan fingerprint density at radius 2 is 1.83 bits per heavy atom. The van der Waals surface area contributed by atoms with Gasteiger partial charge in [-0.1, -0.05) is 18.2 Å².